The summed E-state index contributed by atoms with van der Waals surface area (Å²) in [5.74, 6) is -0.924. The molecule has 0 bridgehead atoms. The minimum Gasteiger partial charge on any atom is -0.481 e. The number of benzene rings is 1. The fourth-order valence-electron chi connectivity index (χ4n) is 2.05. The number of aliphatic carboxylic acids is 1. The van der Waals surface area contributed by atoms with Crippen molar-refractivity contribution in [1.82, 2.24) is 4.31 Å². The first kappa shape index (κ1) is 17.2. The maximum absolute atomic E-state index is 13.9. The van der Waals surface area contributed by atoms with E-state index in [4.69, 9.17) is 9.52 Å². The zero-order valence-electron chi connectivity index (χ0n) is 12.6. The minimum atomic E-state index is -3.91. The van der Waals surface area contributed by atoms with Crippen molar-refractivity contribution in [1.29, 1.82) is 0 Å². The molecule has 2 rings (SSSR count). The van der Waals surface area contributed by atoms with Gasteiger partial charge < -0.3 is 9.52 Å². The third-order valence-corrected chi connectivity index (χ3v) is 5.05. The lowest BCUT2D eigenvalue weighted by atomic mass is 10.1. The van der Waals surface area contributed by atoms with E-state index in [1.807, 2.05) is 0 Å². The molecule has 2 aromatic rings. The lowest BCUT2D eigenvalue weighted by Gasteiger charge is -2.16. The molecular formula is C15H16FNO5S. The summed E-state index contributed by atoms with van der Waals surface area (Å²) < 4.78 is 45.1. The average molecular weight is 341 g/mol. The second kappa shape index (κ2) is 6.51. The van der Waals surface area contributed by atoms with Crippen LogP contribution < -0.4 is 0 Å². The summed E-state index contributed by atoms with van der Waals surface area (Å²) in [6.45, 7) is 1.75. The Bertz CT molecular complexity index is 828. The van der Waals surface area contributed by atoms with Crippen molar-refractivity contribution in [3.8, 4) is 0 Å². The van der Waals surface area contributed by atoms with E-state index < -0.39 is 28.2 Å². The molecule has 0 fully saturated rings. The molecule has 1 N–H and O–H groups in total. The Morgan fingerprint density at radius 3 is 2.52 bits per heavy atom. The summed E-state index contributed by atoms with van der Waals surface area (Å²) in [5, 5.41) is 8.67. The number of nitrogens with zero attached hydrogens (tertiary/aromatic N) is 1. The number of hydrogen-bond acceptors (Lipinski definition) is 4. The second-order valence-corrected chi connectivity index (χ2v) is 7.14. The first-order valence-corrected chi connectivity index (χ1v) is 8.16. The summed E-state index contributed by atoms with van der Waals surface area (Å²) in [5.41, 5.74) is -0.0687. The molecule has 8 heteroatoms. The Morgan fingerprint density at radius 1 is 1.30 bits per heavy atom. The SMILES string of the molecule is Cc1ccc(CN(C)S(=O)(=O)c2ccc(CC(=O)O)c(F)c2)o1. The van der Waals surface area contributed by atoms with Gasteiger partial charge in [-0.15, -0.1) is 0 Å². The number of hydrogen-bond donors (Lipinski definition) is 1. The summed E-state index contributed by atoms with van der Waals surface area (Å²) in [6, 6.07) is 6.58. The van der Waals surface area contributed by atoms with Crippen molar-refractivity contribution in [2.45, 2.75) is 24.8 Å². The molecule has 1 aromatic carbocycles. The van der Waals surface area contributed by atoms with Crippen LogP contribution in [0.25, 0.3) is 0 Å². The maximum atomic E-state index is 13.9. The van der Waals surface area contributed by atoms with Gasteiger partial charge in [-0.1, -0.05) is 6.07 Å². The Hall–Kier alpha value is -2.19. The Labute approximate surface area is 133 Å². The van der Waals surface area contributed by atoms with Gasteiger partial charge in [0.05, 0.1) is 17.9 Å². The lowest BCUT2D eigenvalue weighted by molar-refractivity contribution is -0.136. The third kappa shape index (κ3) is 3.96. The molecule has 0 spiro atoms. The van der Waals surface area contributed by atoms with Crippen LogP contribution in [-0.4, -0.2) is 30.8 Å². The van der Waals surface area contributed by atoms with E-state index in [0.29, 0.717) is 11.5 Å². The highest BCUT2D eigenvalue weighted by Crippen LogP contribution is 2.20. The van der Waals surface area contributed by atoms with E-state index in [1.54, 1.807) is 19.1 Å². The van der Waals surface area contributed by atoms with Gasteiger partial charge in [-0.25, -0.2) is 12.8 Å². The minimum absolute atomic E-state index is 0.00860. The summed E-state index contributed by atoms with van der Waals surface area (Å²) in [6.07, 6.45) is -0.506. The quantitative estimate of drug-likeness (QED) is 0.870. The van der Waals surface area contributed by atoms with Crippen molar-refractivity contribution in [3.63, 3.8) is 0 Å². The van der Waals surface area contributed by atoms with Crippen LogP contribution in [0.3, 0.4) is 0 Å². The maximum Gasteiger partial charge on any atom is 0.307 e. The van der Waals surface area contributed by atoms with Crippen LogP contribution in [0.1, 0.15) is 17.1 Å². The van der Waals surface area contributed by atoms with Crippen LogP contribution in [-0.2, 0) is 27.8 Å². The van der Waals surface area contributed by atoms with E-state index in [9.17, 15) is 17.6 Å². The second-order valence-electron chi connectivity index (χ2n) is 5.10. The van der Waals surface area contributed by atoms with Gasteiger partial charge in [-0.2, -0.15) is 4.31 Å². The molecule has 0 aliphatic carbocycles. The predicted octanol–water partition coefficient (Wildman–Crippen LogP) is 2.17. The third-order valence-electron chi connectivity index (χ3n) is 3.25. The number of carbonyl (C=O) groups is 1. The first-order valence-electron chi connectivity index (χ1n) is 6.72. The molecule has 0 saturated carbocycles. The number of carboxylic acid groups (broad SMARTS) is 1. The van der Waals surface area contributed by atoms with Gasteiger partial charge in [-0.05, 0) is 36.8 Å². The number of rotatable bonds is 6. The van der Waals surface area contributed by atoms with Crippen molar-refractivity contribution in [3.05, 3.63) is 53.2 Å². The topological polar surface area (TPSA) is 87.8 Å². The van der Waals surface area contributed by atoms with Crippen LogP contribution in [0.2, 0.25) is 0 Å². The van der Waals surface area contributed by atoms with Gasteiger partial charge in [0, 0.05) is 7.05 Å². The highest BCUT2D eigenvalue weighted by atomic mass is 32.2. The number of halogens is 1. The van der Waals surface area contributed by atoms with Crippen molar-refractivity contribution in [2.24, 2.45) is 0 Å². The Balaban J connectivity index is 2.24. The van der Waals surface area contributed by atoms with Gasteiger partial charge in [0.25, 0.3) is 0 Å². The Kier molecular flexibility index (Phi) is 4.86. The number of carboxylic acids is 1. The van der Waals surface area contributed by atoms with Crippen LogP contribution in [0.15, 0.2) is 39.6 Å². The fraction of sp³-hybridized carbons (Fsp3) is 0.267. The molecule has 23 heavy (non-hydrogen) atoms. The van der Waals surface area contributed by atoms with Gasteiger partial charge >= 0.3 is 5.97 Å². The molecule has 6 nitrogen and oxygen atoms in total. The summed E-state index contributed by atoms with van der Waals surface area (Å²) in [4.78, 5) is 10.4. The zero-order valence-corrected chi connectivity index (χ0v) is 13.4. The summed E-state index contributed by atoms with van der Waals surface area (Å²) in [7, 11) is -2.55. The average Bonchev–Trinajstić information content (AvgIpc) is 2.85. The molecule has 1 aromatic heterocycles. The van der Waals surface area contributed by atoms with E-state index in [-0.39, 0.29) is 17.0 Å². The van der Waals surface area contributed by atoms with Crippen LogP contribution in [0.4, 0.5) is 4.39 Å². The van der Waals surface area contributed by atoms with Crippen molar-refractivity contribution < 1.29 is 27.1 Å². The number of furan rings is 1. The Morgan fingerprint density at radius 2 is 2.00 bits per heavy atom. The largest absolute Gasteiger partial charge is 0.481 e. The lowest BCUT2D eigenvalue weighted by Crippen LogP contribution is -2.26. The van der Waals surface area contributed by atoms with Crippen LogP contribution >= 0.6 is 0 Å². The molecule has 124 valence electrons. The monoisotopic (exact) mass is 341 g/mol. The van der Waals surface area contributed by atoms with E-state index >= 15 is 0 Å². The van der Waals surface area contributed by atoms with E-state index in [0.717, 1.165) is 10.4 Å². The first-order chi connectivity index (χ1) is 10.7. The highest BCUT2D eigenvalue weighted by molar-refractivity contribution is 7.89. The van der Waals surface area contributed by atoms with E-state index in [1.165, 1.54) is 19.2 Å². The molecule has 1 heterocycles. The molecule has 0 atom stereocenters. The molecular weight excluding hydrogens is 325 g/mol. The molecule has 0 amide bonds. The predicted molar refractivity (Wildman–Crippen MR) is 79.8 cm³/mol. The van der Waals surface area contributed by atoms with Gasteiger partial charge in [0.1, 0.15) is 17.3 Å². The fourth-order valence-corrected chi connectivity index (χ4v) is 3.20. The van der Waals surface area contributed by atoms with Gasteiger partial charge in [0.15, 0.2) is 0 Å². The molecule has 0 aliphatic heterocycles. The molecule has 0 radical (unpaired) electrons. The zero-order chi connectivity index (χ0) is 17.2. The van der Waals surface area contributed by atoms with Gasteiger partial charge in [0.2, 0.25) is 10.0 Å². The molecule has 0 saturated heterocycles. The smallest absolute Gasteiger partial charge is 0.307 e. The van der Waals surface area contributed by atoms with Crippen LogP contribution in [0.5, 0.6) is 0 Å². The number of sulfonamides is 1. The van der Waals surface area contributed by atoms with Gasteiger partial charge in [-0.3, -0.25) is 4.79 Å². The molecule has 0 unspecified atom stereocenters. The molecule has 0 aliphatic rings. The number of aryl methyl sites for hydroxylation is 1. The standard InChI is InChI=1S/C15H16FNO5S/c1-10-3-5-12(22-10)9-17(2)23(20,21)13-6-4-11(7-15(18)19)14(16)8-13/h3-6,8H,7,9H2,1-2H3,(H,18,19). The summed E-state index contributed by atoms with van der Waals surface area (Å²) >= 11 is 0. The van der Waals surface area contributed by atoms with E-state index in [2.05, 4.69) is 0 Å². The van der Waals surface area contributed by atoms with Crippen LogP contribution in [0, 0.1) is 12.7 Å². The van der Waals surface area contributed by atoms with Crippen molar-refractivity contribution >= 4 is 16.0 Å². The van der Waals surface area contributed by atoms with Crippen molar-refractivity contribution in [2.75, 3.05) is 7.05 Å². The normalized spacial score (nSPS) is 11.8. The highest BCUT2D eigenvalue weighted by Gasteiger charge is 2.23.